The summed E-state index contributed by atoms with van der Waals surface area (Å²) < 4.78 is 5.18. The van der Waals surface area contributed by atoms with E-state index in [1.54, 1.807) is 0 Å². The number of rotatable bonds is 6. The molecule has 0 spiro atoms. The Bertz CT molecular complexity index is 2050. The van der Waals surface area contributed by atoms with Crippen LogP contribution in [0, 0.1) is 0 Å². The van der Waals surface area contributed by atoms with Crippen molar-refractivity contribution < 1.29 is 9.53 Å². The summed E-state index contributed by atoms with van der Waals surface area (Å²) in [5, 5.41) is 7.97. The van der Waals surface area contributed by atoms with Gasteiger partial charge in [0.1, 0.15) is 0 Å². The molecule has 1 aliphatic rings. The molecule has 6 aromatic rings. The normalized spacial score (nSPS) is 13.9. The molecule has 0 fully saturated rings. The van der Waals surface area contributed by atoms with Crippen LogP contribution in [-0.2, 0) is 26.8 Å². The average Bonchev–Trinajstić information content (AvgIpc) is 3.22. The van der Waals surface area contributed by atoms with Crippen LogP contribution in [0.25, 0.3) is 54.6 Å². The number of benzene rings is 6. The molecule has 0 bridgehead atoms. The summed E-state index contributed by atoms with van der Waals surface area (Å²) in [4.78, 5) is 11.4. The summed E-state index contributed by atoms with van der Waals surface area (Å²) in [7, 11) is 0. The molecule has 0 heterocycles. The maximum atomic E-state index is 11.4. The fourth-order valence-electron chi connectivity index (χ4n) is 7.12. The molecular formula is C41H38O2. The molecule has 0 aromatic heterocycles. The van der Waals surface area contributed by atoms with Crippen molar-refractivity contribution in [3.8, 4) is 22.3 Å². The first-order valence-electron chi connectivity index (χ1n) is 15.4. The van der Waals surface area contributed by atoms with Gasteiger partial charge >= 0.3 is 5.97 Å². The van der Waals surface area contributed by atoms with Gasteiger partial charge in [-0.1, -0.05) is 120 Å². The fraction of sp³-hybridized carbons (Fsp3) is 0.244. The van der Waals surface area contributed by atoms with Crippen molar-refractivity contribution in [3.63, 3.8) is 0 Å². The maximum Gasteiger partial charge on any atom is 0.330 e. The van der Waals surface area contributed by atoms with Crippen LogP contribution >= 0.6 is 0 Å². The van der Waals surface area contributed by atoms with Crippen LogP contribution in [0.4, 0.5) is 0 Å². The van der Waals surface area contributed by atoms with Gasteiger partial charge in [-0.05, 0) is 101 Å². The standard InChI is InChI=1S/C41H38O2/c1-7-37(42)43-20-8-9-25-10-16-32-33-18-14-27(24-36(33)41(5,6)35(32)21-25)31-17-13-26-11-12-28-22-30(40(2,3)4)23-29-15-19-34(31)39(26)38(28)29/h7,10-19,21-24H,1,8-9,20H2,2-6H3. The molecule has 0 N–H and O–H groups in total. The monoisotopic (exact) mass is 562 g/mol. The molecule has 2 nitrogen and oxygen atoms in total. The molecule has 7 rings (SSSR count). The van der Waals surface area contributed by atoms with Gasteiger partial charge in [0.05, 0.1) is 6.61 Å². The van der Waals surface area contributed by atoms with E-state index in [9.17, 15) is 4.79 Å². The summed E-state index contributed by atoms with van der Waals surface area (Å²) in [5.74, 6) is -0.360. The number of carbonyl (C=O) groups excluding carboxylic acids is 1. The quantitative estimate of drug-likeness (QED) is 0.0873. The van der Waals surface area contributed by atoms with E-state index in [-0.39, 0.29) is 16.8 Å². The Kier molecular flexibility index (Phi) is 6.25. The average molecular weight is 563 g/mol. The summed E-state index contributed by atoms with van der Waals surface area (Å²) in [6, 6.07) is 32.5. The van der Waals surface area contributed by atoms with Crippen LogP contribution in [0.2, 0.25) is 0 Å². The lowest BCUT2D eigenvalue weighted by Crippen LogP contribution is -2.15. The Labute approximate surface area is 254 Å². The summed E-state index contributed by atoms with van der Waals surface area (Å²) in [6.45, 7) is 15.4. The van der Waals surface area contributed by atoms with Crippen molar-refractivity contribution in [1.29, 1.82) is 0 Å². The zero-order chi connectivity index (χ0) is 30.1. The molecule has 0 aliphatic heterocycles. The van der Waals surface area contributed by atoms with Crippen LogP contribution in [0.1, 0.15) is 63.3 Å². The fourth-order valence-corrected chi connectivity index (χ4v) is 7.12. The Balaban J connectivity index is 1.28. The Morgan fingerprint density at radius 1 is 0.767 bits per heavy atom. The molecule has 0 unspecified atom stereocenters. The lowest BCUT2D eigenvalue weighted by Gasteiger charge is -2.23. The number of ether oxygens (including phenoxy) is 1. The highest BCUT2D eigenvalue weighted by Gasteiger charge is 2.36. The molecule has 1 aliphatic carbocycles. The van der Waals surface area contributed by atoms with Gasteiger partial charge in [-0.2, -0.15) is 0 Å². The van der Waals surface area contributed by atoms with Crippen LogP contribution < -0.4 is 0 Å². The van der Waals surface area contributed by atoms with Crippen LogP contribution in [0.3, 0.4) is 0 Å². The lowest BCUT2D eigenvalue weighted by atomic mass is 9.80. The molecule has 214 valence electrons. The lowest BCUT2D eigenvalue weighted by molar-refractivity contribution is -0.137. The van der Waals surface area contributed by atoms with Gasteiger partial charge in [-0.15, -0.1) is 0 Å². The minimum Gasteiger partial charge on any atom is -0.463 e. The summed E-state index contributed by atoms with van der Waals surface area (Å²) in [6.07, 6.45) is 2.88. The maximum absolute atomic E-state index is 11.4. The number of hydrogen-bond donors (Lipinski definition) is 0. The molecule has 2 heteroatoms. The van der Waals surface area contributed by atoms with Crippen molar-refractivity contribution in [2.45, 2.75) is 58.3 Å². The van der Waals surface area contributed by atoms with Crippen LogP contribution in [0.15, 0.2) is 97.6 Å². The number of esters is 1. The highest BCUT2D eigenvalue weighted by atomic mass is 16.5. The van der Waals surface area contributed by atoms with Crippen LogP contribution in [-0.4, -0.2) is 12.6 Å². The molecule has 0 saturated carbocycles. The number of fused-ring (bicyclic) bond motifs is 3. The third kappa shape index (κ3) is 4.43. The molecule has 0 radical (unpaired) electrons. The second kappa shape index (κ2) is 9.81. The predicted molar refractivity (Wildman–Crippen MR) is 181 cm³/mol. The SMILES string of the molecule is C=CC(=O)OCCCc1ccc2c(c1)C(C)(C)c1cc(-c3ccc4ccc5cc(C(C)(C)C)cc6ccc3c4c56)ccc1-2. The molecular weight excluding hydrogens is 524 g/mol. The van der Waals surface area contributed by atoms with Gasteiger partial charge in [0.15, 0.2) is 0 Å². The van der Waals surface area contributed by atoms with E-state index in [0.29, 0.717) is 6.61 Å². The smallest absolute Gasteiger partial charge is 0.330 e. The number of hydrogen-bond acceptors (Lipinski definition) is 2. The van der Waals surface area contributed by atoms with Gasteiger partial charge < -0.3 is 4.74 Å². The van der Waals surface area contributed by atoms with Crippen molar-refractivity contribution in [3.05, 3.63) is 120 Å². The second-order valence-corrected chi connectivity index (χ2v) is 13.7. The number of aryl methyl sites for hydroxylation is 1. The Morgan fingerprint density at radius 2 is 1.40 bits per heavy atom. The Morgan fingerprint density at radius 3 is 2.12 bits per heavy atom. The van der Waals surface area contributed by atoms with Crippen molar-refractivity contribution in [1.82, 2.24) is 0 Å². The van der Waals surface area contributed by atoms with Crippen molar-refractivity contribution in [2.75, 3.05) is 6.61 Å². The summed E-state index contributed by atoms with van der Waals surface area (Å²) >= 11 is 0. The van der Waals surface area contributed by atoms with Crippen molar-refractivity contribution >= 4 is 38.3 Å². The Hall–Kier alpha value is -4.43. The van der Waals surface area contributed by atoms with Gasteiger partial charge in [-0.25, -0.2) is 4.79 Å². The van der Waals surface area contributed by atoms with E-state index in [1.165, 1.54) is 82.9 Å². The first kappa shape index (κ1) is 27.4. The first-order valence-corrected chi connectivity index (χ1v) is 15.4. The molecule has 6 aromatic carbocycles. The third-order valence-electron chi connectivity index (χ3n) is 9.54. The van der Waals surface area contributed by atoms with Crippen molar-refractivity contribution in [2.24, 2.45) is 0 Å². The van der Waals surface area contributed by atoms with Gasteiger partial charge in [0.2, 0.25) is 0 Å². The first-order chi connectivity index (χ1) is 20.6. The molecule has 0 amide bonds. The zero-order valence-corrected chi connectivity index (χ0v) is 25.8. The summed E-state index contributed by atoms with van der Waals surface area (Å²) in [5.41, 5.74) is 10.6. The van der Waals surface area contributed by atoms with E-state index in [1.807, 2.05) is 0 Å². The highest BCUT2D eigenvalue weighted by molar-refractivity contribution is 6.25. The largest absolute Gasteiger partial charge is 0.463 e. The predicted octanol–water partition coefficient (Wildman–Crippen LogP) is 10.5. The highest BCUT2D eigenvalue weighted by Crippen LogP contribution is 2.50. The minimum atomic E-state index is -0.360. The third-order valence-corrected chi connectivity index (χ3v) is 9.54. The van der Waals surface area contributed by atoms with Gasteiger partial charge in [0, 0.05) is 11.5 Å². The van der Waals surface area contributed by atoms with Gasteiger partial charge in [0.25, 0.3) is 0 Å². The molecule has 0 atom stereocenters. The van der Waals surface area contributed by atoms with E-state index >= 15 is 0 Å². The van der Waals surface area contributed by atoms with Crippen LogP contribution in [0.5, 0.6) is 0 Å². The van der Waals surface area contributed by atoms with E-state index in [0.717, 1.165) is 12.8 Å². The van der Waals surface area contributed by atoms with Gasteiger partial charge in [-0.3, -0.25) is 0 Å². The van der Waals surface area contributed by atoms with E-state index in [4.69, 9.17) is 4.74 Å². The molecule has 43 heavy (non-hydrogen) atoms. The molecule has 0 saturated heterocycles. The topological polar surface area (TPSA) is 26.3 Å². The second-order valence-electron chi connectivity index (χ2n) is 13.7. The van der Waals surface area contributed by atoms with E-state index in [2.05, 4.69) is 126 Å². The minimum absolute atomic E-state index is 0.103. The number of carbonyl (C=O) groups is 1. The zero-order valence-electron chi connectivity index (χ0n) is 25.8. The van der Waals surface area contributed by atoms with E-state index < -0.39 is 0 Å².